The molecule has 82 valence electrons. The Morgan fingerprint density at radius 1 is 1.33 bits per heavy atom. The lowest BCUT2D eigenvalue weighted by atomic mass is 10.4. The van der Waals surface area contributed by atoms with Crippen LogP contribution in [-0.4, -0.2) is 15.0 Å². The summed E-state index contributed by atoms with van der Waals surface area (Å²) in [6.07, 6.45) is 0. The number of rotatable bonds is 4. The summed E-state index contributed by atoms with van der Waals surface area (Å²) in [6.45, 7) is 3.73. The topological polar surface area (TPSA) is 46.2 Å². The molecule has 0 aliphatic heterocycles. The third-order valence-corrected chi connectivity index (χ3v) is 3.80. The molecule has 15 heavy (non-hydrogen) atoms. The van der Waals surface area contributed by atoms with Crippen LogP contribution in [0.2, 0.25) is 0 Å². The van der Waals surface area contributed by atoms with Crippen LogP contribution >= 0.6 is 31.9 Å². The smallest absolute Gasteiger partial charge is 0.207 e. The molecule has 0 heterocycles. The van der Waals surface area contributed by atoms with Gasteiger partial charge in [0.05, 0.1) is 4.90 Å². The summed E-state index contributed by atoms with van der Waals surface area (Å²) < 4.78 is 27.1. The SMILES string of the molecule is C=C(Br)CNS(=O)(=O)c1ccc(Br)cc1. The van der Waals surface area contributed by atoms with E-state index >= 15 is 0 Å². The zero-order valence-corrected chi connectivity index (χ0v) is 11.7. The number of benzene rings is 1. The molecular formula is C9H9Br2NO2S. The zero-order chi connectivity index (χ0) is 11.5. The first-order valence-electron chi connectivity index (χ1n) is 4.00. The Labute approximate surface area is 106 Å². The fourth-order valence-corrected chi connectivity index (χ4v) is 2.49. The average Bonchev–Trinajstić information content (AvgIpc) is 2.16. The Morgan fingerprint density at radius 2 is 1.87 bits per heavy atom. The molecule has 6 heteroatoms. The second kappa shape index (κ2) is 5.25. The van der Waals surface area contributed by atoms with Crippen molar-refractivity contribution in [2.24, 2.45) is 0 Å². The summed E-state index contributed by atoms with van der Waals surface area (Å²) in [5.74, 6) is 0. The van der Waals surface area contributed by atoms with Gasteiger partial charge < -0.3 is 0 Å². The normalized spacial score (nSPS) is 11.3. The molecule has 0 aromatic heterocycles. The highest BCUT2D eigenvalue weighted by molar-refractivity contribution is 9.11. The lowest BCUT2D eigenvalue weighted by molar-refractivity contribution is 0.585. The van der Waals surface area contributed by atoms with Crippen LogP contribution < -0.4 is 4.72 Å². The van der Waals surface area contributed by atoms with E-state index in [-0.39, 0.29) is 11.4 Å². The number of halogens is 2. The van der Waals surface area contributed by atoms with Crippen molar-refractivity contribution in [3.05, 3.63) is 39.8 Å². The van der Waals surface area contributed by atoms with E-state index in [2.05, 4.69) is 43.2 Å². The van der Waals surface area contributed by atoms with E-state index in [9.17, 15) is 8.42 Å². The van der Waals surface area contributed by atoms with E-state index in [1.165, 1.54) is 12.1 Å². The zero-order valence-electron chi connectivity index (χ0n) is 7.70. The predicted molar refractivity (Wildman–Crippen MR) is 67.4 cm³/mol. The highest BCUT2D eigenvalue weighted by atomic mass is 79.9. The van der Waals surface area contributed by atoms with E-state index in [0.717, 1.165) is 4.47 Å². The first-order valence-corrected chi connectivity index (χ1v) is 7.07. The first-order chi connectivity index (χ1) is 6.92. The van der Waals surface area contributed by atoms with Crippen molar-refractivity contribution >= 4 is 41.9 Å². The minimum absolute atomic E-state index is 0.179. The van der Waals surface area contributed by atoms with Gasteiger partial charge in [0.1, 0.15) is 0 Å². The second-order valence-corrected chi connectivity index (χ2v) is 6.60. The van der Waals surface area contributed by atoms with Gasteiger partial charge in [-0.05, 0) is 24.3 Å². The van der Waals surface area contributed by atoms with Crippen molar-refractivity contribution in [1.82, 2.24) is 4.72 Å². The summed E-state index contributed by atoms with van der Waals surface area (Å²) >= 11 is 6.32. The number of sulfonamides is 1. The van der Waals surface area contributed by atoms with Crippen LogP contribution in [0.3, 0.4) is 0 Å². The Bertz CT molecular complexity index is 454. The van der Waals surface area contributed by atoms with Gasteiger partial charge in [0.2, 0.25) is 10.0 Å². The Balaban J connectivity index is 2.87. The molecule has 0 aliphatic rings. The Morgan fingerprint density at radius 3 is 2.33 bits per heavy atom. The number of hydrogen-bond acceptors (Lipinski definition) is 2. The number of hydrogen-bond donors (Lipinski definition) is 1. The summed E-state index contributed by atoms with van der Waals surface area (Å²) in [4.78, 5) is 0.236. The minimum atomic E-state index is -3.43. The van der Waals surface area contributed by atoms with E-state index in [4.69, 9.17) is 0 Å². The lowest BCUT2D eigenvalue weighted by Gasteiger charge is -2.05. The Hall–Kier alpha value is -0.170. The molecule has 0 saturated carbocycles. The van der Waals surface area contributed by atoms with E-state index in [0.29, 0.717) is 4.48 Å². The van der Waals surface area contributed by atoms with Gasteiger partial charge in [-0.1, -0.05) is 38.4 Å². The van der Waals surface area contributed by atoms with Crippen LogP contribution in [0, 0.1) is 0 Å². The maximum absolute atomic E-state index is 11.7. The summed E-state index contributed by atoms with van der Waals surface area (Å²) in [7, 11) is -3.43. The van der Waals surface area contributed by atoms with Crippen molar-refractivity contribution in [2.75, 3.05) is 6.54 Å². The highest BCUT2D eigenvalue weighted by Crippen LogP contribution is 2.14. The van der Waals surface area contributed by atoms with Gasteiger partial charge in [0.25, 0.3) is 0 Å². The second-order valence-electron chi connectivity index (χ2n) is 2.80. The molecule has 0 spiro atoms. The van der Waals surface area contributed by atoms with Gasteiger partial charge >= 0.3 is 0 Å². The van der Waals surface area contributed by atoms with Gasteiger partial charge in [0.15, 0.2) is 0 Å². The molecule has 1 N–H and O–H groups in total. The van der Waals surface area contributed by atoms with E-state index in [1.54, 1.807) is 12.1 Å². The van der Waals surface area contributed by atoms with Crippen molar-refractivity contribution in [2.45, 2.75) is 4.90 Å². The third kappa shape index (κ3) is 4.06. The standard InChI is InChI=1S/C9H9Br2NO2S/c1-7(10)6-12-15(13,14)9-4-2-8(11)3-5-9/h2-5,12H,1,6H2. The first kappa shape index (κ1) is 12.9. The van der Waals surface area contributed by atoms with Crippen molar-refractivity contribution < 1.29 is 8.42 Å². The quantitative estimate of drug-likeness (QED) is 0.903. The van der Waals surface area contributed by atoms with Crippen LogP contribution in [0.4, 0.5) is 0 Å². The molecule has 0 radical (unpaired) electrons. The lowest BCUT2D eigenvalue weighted by Crippen LogP contribution is -2.24. The molecule has 0 saturated heterocycles. The van der Waals surface area contributed by atoms with Gasteiger partial charge in [0, 0.05) is 15.5 Å². The largest absolute Gasteiger partial charge is 0.240 e. The number of nitrogens with one attached hydrogen (secondary N) is 1. The van der Waals surface area contributed by atoms with E-state index in [1.807, 2.05) is 0 Å². The van der Waals surface area contributed by atoms with E-state index < -0.39 is 10.0 Å². The van der Waals surface area contributed by atoms with Crippen molar-refractivity contribution in [3.8, 4) is 0 Å². The van der Waals surface area contributed by atoms with Crippen LogP contribution in [0.5, 0.6) is 0 Å². The van der Waals surface area contributed by atoms with Crippen LogP contribution in [-0.2, 0) is 10.0 Å². The van der Waals surface area contributed by atoms with Gasteiger partial charge in [-0.2, -0.15) is 0 Å². The monoisotopic (exact) mass is 353 g/mol. The molecule has 0 aliphatic carbocycles. The van der Waals surface area contributed by atoms with Crippen molar-refractivity contribution in [1.29, 1.82) is 0 Å². The molecule has 1 aromatic rings. The summed E-state index contributed by atoms with van der Waals surface area (Å²) in [5.41, 5.74) is 0. The van der Waals surface area contributed by atoms with Gasteiger partial charge in [-0.25, -0.2) is 13.1 Å². The van der Waals surface area contributed by atoms with Crippen LogP contribution in [0.15, 0.2) is 44.7 Å². The molecule has 0 unspecified atom stereocenters. The van der Waals surface area contributed by atoms with Gasteiger partial charge in [-0.3, -0.25) is 0 Å². The molecule has 0 atom stereocenters. The molecule has 0 bridgehead atoms. The van der Waals surface area contributed by atoms with Crippen LogP contribution in [0.25, 0.3) is 0 Å². The fourth-order valence-electron chi connectivity index (χ4n) is 0.870. The van der Waals surface area contributed by atoms with Gasteiger partial charge in [-0.15, -0.1) is 0 Å². The molecular weight excluding hydrogens is 346 g/mol. The summed E-state index contributed by atoms with van der Waals surface area (Å²) in [6, 6.07) is 6.42. The van der Waals surface area contributed by atoms with Crippen LogP contribution in [0.1, 0.15) is 0 Å². The molecule has 0 amide bonds. The minimum Gasteiger partial charge on any atom is -0.207 e. The fraction of sp³-hybridized carbons (Fsp3) is 0.111. The molecule has 0 fully saturated rings. The molecule has 1 rings (SSSR count). The average molecular weight is 355 g/mol. The highest BCUT2D eigenvalue weighted by Gasteiger charge is 2.12. The Kier molecular flexibility index (Phi) is 4.51. The molecule has 3 nitrogen and oxygen atoms in total. The maximum atomic E-state index is 11.7. The third-order valence-electron chi connectivity index (χ3n) is 1.58. The predicted octanol–water partition coefficient (Wildman–Crippen LogP) is 2.64. The summed E-state index contributed by atoms with van der Waals surface area (Å²) in [5, 5.41) is 0. The van der Waals surface area contributed by atoms with Crippen molar-refractivity contribution in [3.63, 3.8) is 0 Å². The molecule has 1 aromatic carbocycles. The maximum Gasteiger partial charge on any atom is 0.240 e.